The molecular weight excluding hydrogens is 318 g/mol. The van der Waals surface area contributed by atoms with Crippen LogP contribution in [0.3, 0.4) is 0 Å². The highest BCUT2D eigenvalue weighted by atomic mass is 16.5. The van der Waals surface area contributed by atoms with Crippen LogP contribution >= 0.6 is 0 Å². The Hall–Kier alpha value is -1.64. The summed E-state index contributed by atoms with van der Waals surface area (Å²) in [5.74, 6) is 0. The Kier molecular flexibility index (Phi) is 6.16. The molecule has 0 saturated carbocycles. The molecule has 0 N–H and O–H groups in total. The van der Waals surface area contributed by atoms with Crippen LogP contribution in [0.15, 0.2) is 60.7 Å². The van der Waals surface area contributed by atoms with E-state index in [9.17, 15) is 0 Å². The lowest BCUT2D eigenvalue weighted by Crippen LogP contribution is -2.43. The molecule has 2 nitrogen and oxygen atoms in total. The van der Waals surface area contributed by atoms with E-state index >= 15 is 0 Å². The van der Waals surface area contributed by atoms with Crippen LogP contribution in [-0.4, -0.2) is 36.7 Å². The molecule has 26 heavy (non-hydrogen) atoms. The van der Waals surface area contributed by atoms with Crippen molar-refractivity contribution in [3.05, 3.63) is 71.8 Å². The lowest BCUT2D eigenvalue weighted by molar-refractivity contribution is -0.00786. The quantitative estimate of drug-likeness (QED) is 0.657. The van der Waals surface area contributed by atoms with Gasteiger partial charge in [0.1, 0.15) is 0 Å². The Bertz CT molecular complexity index is 610. The van der Waals surface area contributed by atoms with Gasteiger partial charge in [-0.2, -0.15) is 0 Å². The molecule has 3 rings (SSSR count). The van der Waals surface area contributed by atoms with Gasteiger partial charge in [0.25, 0.3) is 0 Å². The van der Waals surface area contributed by atoms with Gasteiger partial charge in [-0.1, -0.05) is 60.7 Å². The van der Waals surface area contributed by atoms with Crippen molar-refractivity contribution in [1.82, 2.24) is 4.90 Å². The molecule has 140 valence electrons. The van der Waals surface area contributed by atoms with Crippen LogP contribution in [0, 0.1) is 0 Å². The van der Waals surface area contributed by atoms with Gasteiger partial charge in [-0.05, 0) is 64.3 Å². The third-order valence-electron chi connectivity index (χ3n) is 5.52. The Morgan fingerprint density at radius 3 is 1.81 bits per heavy atom. The number of benzene rings is 2. The minimum atomic E-state index is -0.0301. The summed E-state index contributed by atoms with van der Waals surface area (Å²) in [6, 6.07) is 22.2. The molecule has 1 saturated heterocycles. The number of hydrogen-bond acceptors (Lipinski definition) is 2. The van der Waals surface area contributed by atoms with Crippen molar-refractivity contribution in [2.24, 2.45) is 0 Å². The average Bonchev–Trinajstić information content (AvgIpc) is 2.66. The van der Waals surface area contributed by atoms with Gasteiger partial charge in [0, 0.05) is 18.6 Å². The maximum atomic E-state index is 5.87. The Balaban J connectivity index is 1.65. The van der Waals surface area contributed by atoms with E-state index in [1.807, 2.05) is 0 Å². The Morgan fingerprint density at radius 1 is 0.846 bits per heavy atom. The molecule has 0 unspecified atom stereocenters. The van der Waals surface area contributed by atoms with E-state index < -0.39 is 0 Å². The number of piperidine rings is 1. The molecular formula is C24H33NO. The molecule has 2 heteroatoms. The second-order valence-electron chi connectivity index (χ2n) is 8.47. The van der Waals surface area contributed by atoms with Gasteiger partial charge in [0.15, 0.2) is 0 Å². The normalized spacial score (nSPS) is 18.0. The highest BCUT2D eigenvalue weighted by molar-refractivity contribution is 5.40. The monoisotopic (exact) mass is 351 g/mol. The average molecular weight is 352 g/mol. The van der Waals surface area contributed by atoms with Crippen LogP contribution < -0.4 is 0 Å². The first kappa shape index (κ1) is 19.1. The smallest absolute Gasteiger partial charge is 0.0598 e. The predicted molar refractivity (Wildman–Crippen MR) is 110 cm³/mol. The molecule has 0 amide bonds. The van der Waals surface area contributed by atoms with Crippen molar-refractivity contribution in [2.75, 3.05) is 26.2 Å². The summed E-state index contributed by atoms with van der Waals surface area (Å²) in [7, 11) is 0. The van der Waals surface area contributed by atoms with Crippen molar-refractivity contribution in [2.45, 2.75) is 51.0 Å². The summed E-state index contributed by atoms with van der Waals surface area (Å²) in [6.45, 7) is 10.7. The lowest BCUT2D eigenvalue weighted by Gasteiger charge is -2.43. The molecule has 1 aliphatic rings. The number of likely N-dealkylation sites (tertiary alicyclic amines) is 1. The van der Waals surface area contributed by atoms with Crippen LogP contribution in [0.1, 0.15) is 51.2 Å². The van der Waals surface area contributed by atoms with Crippen molar-refractivity contribution in [1.29, 1.82) is 0 Å². The largest absolute Gasteiger partial charge is 0.376 e. The van der Waals surface area contributed by atoms with Crippen molar-refractivity contribution in [3.63, 3.8) is 0 Å². The molecule has 0 radical (unpaired) electrons. The number of nitrogens with zero attached hydrogens (tertiary/aromatic N) is 1. The van der Waals surface area contributed by atoms with Gasteiger partial charge in [0.2, 0.25) is 0 Å². The van der Waals surface area contributed by atoms with Gasteiger partial charge >= 0.3 is 0 Å². The van der Waals surface area contributed by atoms with Crippen LogP contribution in [0.25, 0.3) is 0 Å². The number of rotatable bonds is 6. The van der Waals surface area contributed by atoms with Gasteiger partial charge in [-0.25, -0.2) is 0 Å². The fraction of sp³-hybridized carbons (Fsp3) is 0.500. The summed E-state index contributed by atoms with van der Waals surface area (Å²) in [5, 5.41) is 0. The zero-order valence-corrected chi connectivity index (χ0v) is 16.6. The topological polar surface area (TPSA) is 12.5 Å². The first-order valence-electron chi connectivity index (χ1n) is 9.97. The van der Waals surface area contributed by atoms with E-state index in [0.717, 1.165) is 32.7 Å². The molecule has 0 atom stereocenters. The predicted octanol–water partition coefficient (Wildman–Crippen LogP) is 5.27. The summed E-state index contributed by atoms with van der Waals surface area (Å²) in [6.07, 6.45) is 3.48. The van der Waals surface area contributed by atoms with Crippen LogP contribution in [0.4, 0.5) is 0 Å². The van der Waals surface area contributed by atoms with Gasteiger partial charge in [-0.3, -0.25) is 0 Å². The molecule has 1 heterocycles. The molecule has 2 aromatic rings. The van der Waals surface area contributed by atoms with E-state index in [2.05, 4.69) is 86.3 Å². The summed E-state index contributed by atoms with van der Waals surface area (Å²) in [5.41, 5.74) is 3.04. The molecule has 0 aromatic heterocycles. The molecule has 0 bridgehead atoms. The van der Waals surface area contributed by atoms with Crippen molar-refractivity contribution < 1.29 is 4.74 Å². The van der Waals surface area contributed by atoms with Gasteiger partial charge < -0.3 is 9.64 Å². The number of hydrogen-bond donors (Lipinski definition) is 0. The Morgan fingerprint density at radius 2 is 1.35 bits per heavy atom. The molecule has 2 aromatic carbocycles. The lowest BCUT2D eigenvalue weighted by atomic mass is 9.68. The fourth-order valence-electron chi connectivity index (χ4n) is 4.08. The maximum Gasteiger partial charge on any atom is 0.0598 e. The molecule has 1 fully saturated rings. The zero-order valence-electron chi connectivity index (χ0n) is 16.6. The first-order valence-corrected chi connectivity index (χ1v) is 9.97. The van der Waals surface area contributed by atoms with E-state index in [-0.39, 0.29) is 11.0 Å². The van der Waals surface area contributed by atoms with Crippen LogP contribution in [0.2, 0.25) is 0 Å². The second kappa shape index (κ2) is 8.37. The minimum Gasteiger partial charge on any atom is -0.376 e. The summed E-state index contributed by atoms with van der Waals surface area (Å²) >= 11 is 0. The third-order valence-corrected chi connectivity index (χ3v) is 5.52. The van der Waals surface area contributed by atoms with Crippen molar-refractivity contribution >= 4 is 0 Å². The van der Waals surface area contributed by atoms with Crippen LogP contribution in [-0.2, 0) is 10.2 Å². The highest BCUT2D eigenvalue weighted by Crippen LogP contribution is 2.41. The maximum absolute atomic E-state index is 5.87. The fourth-order valence-corrected chi connectivity index (χ4v) is 4.08. The third kappa shape index (κ3) is 4.75. The first-order chi connectivity index (χ1) is 12.5. The highest BCUT2D eigenvalue weighted by Gasteiger charge is 2.37. The van der Waals surface area contributed by atoms with Crippen LogP contribution in [0.5, 0.6) is 0 Å². The molecule has 0 aliphatic carbocycles. The SMILES string of the molecule is CC(C)(C)OCCCN1CCC(c2ccccc2)(c2ccccc2)CC1. The van der Waals surface area contributed by atoms with E-state index in [1.54, 1.807) is 0 Å². The second-order valence-corrected chi connectivity index (χ2v) is 8.47. The van der Waals surface area contributed by atoms with Gasteiger partial charge in [0.05, 0.1) is 5.60 Å². The van der Waals surface area contributed by atoms with Gasteiger partial charge in [-0.15, -0.1) is 0 Å². The molecule has 1 aliphatic heterocycles. The Labute approximate surface area is 159 Å². The van der Waals surface area contributed by atoms with E-state index in [1.165, 1.54) is 24.0 Å². The summed E-state index contributed by atoms with van der Waals surface area (Å²) in [4.78, 5) is 2.61. The van der Waals surface area contributed by atoms with E-state index in [0.29, 0.717) is 0 Å². The summed E-state index contributed by atoms with van der Waals surface area (Å²) < 4.78 is 5.87. The van der Waals surface area contributed by atoms with Crippen molar-refractivity contribution in [3.8, 4) is 0 Å². The standard InChI is InChI=1S/C24H33NO/c1-23(2,3)26-20-10-17-25-18-15-24(16-19-25,21-11-6-4-7-12-21)22-13-8-5-9-14-22/h4-9,11-14H,10,15-20H2,1-3H3. The zero-order chi connectivity index (χ0) is 18.5. The molecule has 0 spiro atoms. The number of ether oxygens (including phenoxy) is 1. The minimum absolute atomic E-state index is 0.0301. The van der Waals surface area contributed by atoms with E-state index in [4.69, 9.17) is 4.74 Å².